The van der Waals surface area contributed by atoms with E-state index >= 15 is 0 Å². The summed E-state index contributed by atoms with van der Waals surface area (Å²) in [5.74, 6) is 0.638. The van der Waals surface area contributed by atoms with Crippen molar-refractivity contribution in [3.8, 4) is 0 Å². The first-order chi connectivity index (χ1) is 12.5. The third kappa shape index (κ3) is 4.85. The van der Waals surface area contributed by atoms with Crippen LogP contribution in [0.5, 0.6) is 0 Å². The Bertz CT molecular complexity index is 732. The van der Waals surface area contributed by atoms with Gasteiger partial charge >= 0.3 is 6.03 Å². The van der Waals surface area contributed by atoms with Crippen LogP contribution < -0.4 is 10.6 Å². The molecule has 0 bridgehead atoms. The van der Waals surface area contributed by atoms with Gasteiger partial charge in [0, 0.05) is 19.3 Å². The monoisotopic (exact) mass is 361 g/mol. The molecule has 9 heteroatoms. The average molecular weight is 361 g/mol. The van der Waals surface area contributed by atoms with Gasteiger partial charge in [-0.15, -0.1) is 0 Å². The zero-order chi connectivity index (χ0) is 18.5. The number of ether oxygens (including phenoxy) is 1. The molecule has 0 aliphatic carbocycles. The van der Waals surface area contributed by atoms with Gasteiger partial charge in [0.05, 0.1) is 36.9 Å². The van der Waals surface area contributed by atoms with Crippen LogP contribution in [0.2, 0.25) is 0 Å². The number of carbonyl (C=O) groups excluding carboxylic acids is 2. The Labute approximate surface area is 151 Å². The Morgan fingerprint density at radius 3 is 2.77 bits per heavy atom. The fourth-order valence-corrected chi connectivity index (χ4v) is 2.89. The Hall–Kier alpha value is -2.81. The fraction of sp³-hybridized carbons (Fsp3) is 0.471. The lowest BCUT2D eigenvalue weighted by Gasteiger charge is -2.35. The molecule has 2 N–H and O–H groups in total. The smallest absolute Gasteiger partial charge is 0.319 e. The second kappa shape index (κ2) is 8.05. The highest BCUT2D eigenvalue weighted by atomic mass is 16.5. The van der Waals surface area contributed by atoms with E-state index in [2.05, 4.69) is 15.7 Å². The minimum Gasteiger partial charge on any atom is -0.467 e. The van der Waals surface area contributed by atoms with Crippen LogP contribution in [-0.2, 0) is 22.6 Å². The number of carbonyl (C=O) groups is 2. The Morgan fingerprint density at radius 2 is 2.08 bits per heavy atom. The minimum atomic E-state index is -0.372. The number of rotatable bonds is 5. The van der Waals surface area contributed by atoms with E-state index in [0.29, 0.717) is 31.1 Å². The van der Waals surface area contributed by atoms with Crippen LogP contribution in [0.4, 0.5) is 10.5 Å². The number of nitrogens with one attached hydrogen (secondary N) is 2. The number of amides is 3. The SMILES string of the molecule is C[C@@H]1CN(C(=O)Cn2cc(NC(=O)NCc3ccco3)cn2)C[C@H](C)O1. The van der Waals surface area contributed by atoms with Gasteiger partial charge < -0.3 is 24.7 Å². The molecule has 0 aromatic carbocycles. The van der Waals surface area contributed by atoms with Crippen molar-refractivity contribution in [2.24, 2.45) is 0 Å². The van der Waals surface area contributed by atoms with E-state index in [0.717, 1.165) is 0 Å². The van der Waals surface area contributed by atoms with Crippen molar-refractivity contribution in [1.29, 1.82) is 0 Å². The summed E-state index contributed by atoms with van der Waals surface area (Å²) in [7, 11) is 0. The third-order valence-corrected chi connectivity index (χ3v) is 3.96. The number of hydrogen-bond donors (Lipinski definition) is 2. The number of morpholine rings is 1. The van der Waals surface area contributed by atoms with Gasteiger partial charge in [-0.2, -0.15) is 5.10 Å². The molecular formula is C17H23N5O4. The first-order valence-corrected chi connectivity index (χ1v) is 8.52. The highest BCUT2D eigenvalue weighted by Crippen LogP contribution is 2.12. The van der Waals surface area contributed by atoms with E-state index in [9.17, 15) is 9.59 Å². The molecule has 2 atom stereocenters. The van der Waals surface area contributed by atoms with Crippen LogP contribution in [0, 0.1) is 0 Å². The number of furan rings is 1. The maximum atomic E-state index is 12.4. The molecule has 3 rings (SSSR count). The molecule has 0 radical (unpaired) electrons. The molecule has 1 aliphatic heterocycles. The molecule has 2 aromatic heterocycles. The van der Waals surface area contributed by atoms with Gasteiger partial charge in [-0.25, -0.2) is 4.79 Å². The van der Waals surface area contributed by atoms with Gasteiger partial charge in [0.2, 0.25) is 5.91 Å². The summed E-state index contributed by atoms with van der Waals surface area (Å²) in [6, 6.07) is 3.16. The van der Waals surface area contributed by atoms with Crippen LogP contribution in [-0.4, -0.2) is 51.9 Å². The highest BCUT2D eigenvalue weighted by molar-refractivity contribution is 5.88. The Kier molecular flexibility index (Phi) is 5.57. The van der Waals surface area contributed by atoms with Crippen LogP contribution in [0.15, 0.2) is 35.2 Å². The minimum absolute atomic E-state index is 0.0235. The van der Waals surface area contributed by atoms with E-state index in [1.54, 1.807) is 29.5 Å². The molecule has 1 fully saturated rings. The van der Waals surface area contributed by atoms with E-state index in [4.69, 9.17) is 9.15 Å². The largest absolute Gasteiger partial charge is 0.467 e. The van der Waals surface area contributed by atoms with E-state index in [1.807, 2.05) is 13.8 Å². The zero-order valence-corrected chi connectivity index (χ0v) is 14.8. The molecule has 0 unspecified atom stereocenters. The molecular weight excluding hydrogens is 338 g/mol. The number of urea groups is 1. The topological polar surface area (TPSA) is 102 Å². The van der Waals surface area contributed by atoms with Crippen molar-refractivity contribution in [1.82, 2.24) is 20.0 Å². The molecule has 0 saturated carbocycles. The molecule has 2 aromatic rings. The summed E-state index contributed by atoms with van der Waals surface area (Å²) in [6.07, 6.45) is 4.72. The molecule has 3 amide bonds. The Balaban J connectivity index is 1.48. The molecule has 26 heavy (non-hydrogen) atoms. The van der Waals surface area contributed by atoms with Gasteiger partial charge in [0.1, 0.15) is 12.3 Å². The van der Waals surface area contributed by atoms with Crippen LogP contribution in [0.25, 0.3) is 0 Å². The number of aromatic nitrogens is 2. The standard InChI is InChI=1S/C17H23N5O4/c1-12-8-21(9-13(2)26-12)16(23)11-22-10-14(6-19-22)20-17(24)18-7-15-4-3-5-25-15/h3-6,10,12-13H,7-9,11H2,1-2H3,(H2,18,20,24)/t12-,13+. The van der Waals surface area contributed by atoms with E-state index < -0.39 is 0 Å². The van der Waals surface area contributed by atoms with E-state index in [-0.39, 0.29) is 30.7 Å². The summed E-state index contributed by atoms with van der Waals surface area (Å²) in [6.45, 7) is 5.46. The lowest BCUT2D eigenvalue weighted by Crippen LogP contribution is -2.49. The summed E-state index contributed by atoms with van der Waals surface area (Å²) >= 11 is 0. The number of hydrogen-bond acceptors (Lipinski definition) is 5. The van der Waals surface area contributed by atoms with Crippen molar-refractivity contribution in [3.63, 3.8) is 0 Å². The molecule has 1 aliphatic rings. The van der Waals surface area contributed by atoms with Gasteiger partial charge in [0.25, 0.3) is 0 Å². The number of anilines is 1. The molecule has 140 valence electrons. The van der Waals surface area contributed by atoms with Gasteiger partial charge in [-0.3, -0.25) is 9.48 Å². The van der Waals surface area contributed by atoms with Crippen molar-refractivity contribution >= 4 is 17.6 Å². The second-order valence-corrected chi connectivity index (χ2v) is 6.37. The van der Waals surface area contributed by atoms with Gasteiger partial charge in [-0.05, 0) is 26.0 Å². The predicted octanol–water partition coefficient (Wildman–Crippen LogP) is 1.43. The lowest BCUT2D eigenvalue weighted by atomic mass is 10.2. The predicted molar refractivity (Wildman–Crippen MR) is 93.4 cm³/mol. The van der Waals surface area contributed by atoms with Gasteiger partial charge in [0.15, 0.2) is 0 Å². The van der Waals surface area contributed by atoms with Gasteiger partial charge in [-0.1, -0.05) is 0 Å². The maximum absolute atomic E-state index is 12.4. The second-order valence-electron chi connectivity index (χ2n) is 6.37. The summed E-state index contributed by atoms with van der Waals surface area (Å²) < 4.78 is 12.3. The first-order valence-electron chi connectivity index (χ1n) is 8.52. The maximum Gasteiger partial charge on any atom is 0.319 e. The number of nitrogens with zero attached hydrogens (tertiary/aromatic N) is 3. The van der Waals surface area contributed by atoms with Crippen LogP contribution >= 0.6 is 0 Å². The average Bonchev–Trinajstić information content (AvgIpc) is 3.24. The Morgan fingerprint density at radius 1 is 1.31 bits per heavy atom. The summed E-state index contributed by atoms with van der Waals surface area (Å²) in [5, 5.41) is 9.48. The molecule has 1 saturated heterocycles. The third-order valence-electron chi connectivity index (χ3n) is 3.96. The zero-order valence-electron chi connectivity index (χ0n) is 14.8. The molecule has 3 heterocycles. The summed E-state index contributed by atoms with van der Waals surface area (Å²) in [4.78, 5) is 26.1. The fourth-order valence-electron chi connectivity index (χ4n) is 2.89. The van der Waals surface area contributed by atoms with Crippen molar-refractivity contribution in [2.45, 2.75) is 39.1 Å². The molecule has 0 spiro atoms. The van der Waals surface area contributed by atoms with E-state index in [1.165, 1.54) is 10.9 Å². The van der Waals surface area contributed by atoms with Crippen LogP contribution in [0.1, 0.15) is 19.6 Å². The van der Waals surface area contributed by atoms with Crippen molar-refractivity contribution < 1.29 is 18.7 Å². The summed E-state index contributed by atoms with van der Waals surface area (Å²) in [5.41, 5.74) is 0.512. The lowest BCUT2D eigenvalue weighted by molar-refractivity contribution is -0.144. The quantitative estimate of drug-likeness (QED) is 0.839. The normalized spacial score (nSPS) is 20.0. The first kappa shape index (κ1) is 18.0. The van der Waals surface area contributed by atoms with Crippen molar-refractivity contribution in [2.75, 3.05) is 18.4 Å². The highest BCUT2D eigenvalue weighted by Gasteiger charge is 2.26. The molecule has 9 nitrogen and oxygen atoms in total. The van der Waals surface area contributed by atoms with Crippen molar-refractivity contribution in [3.05, 3.63) is 36.5 Å². The van der Waals surface area contributed by atoms with Crippen LogP contribution in [0.3, 0.4) is 0 Å².